The normalized spacial score (nSPS) is 10.6. The molecule has 2 aromatic heterocycles. The molecule has 1 amide bonds. The predicted molar refractivity (Wildman–Crippen MR) is 110 cm³/mol. The fourth-order valence-corrected chi connectivity index (χ4v) is 3.48. The largest absolute Gasteiger partial charge is 0.497 e. The zero-order chi connectivity index (χ0) is 20.6. The summed E-state index contributed by atoms with van der Waals surface area (Å²) < 4.78 is 12.4. The number of pyridine rings is 1. The van der Waals surface area contributed by atoms with Crippen LogP contribution in [0.1, 0.15) is 21.9 Å². The van der Waals surface area contributed by atoms with E-state index < -0.39 is 0 Å². The van der Waals surface area contributed by atoms with Crippen molar-refractivity contribution in [1.82, 2.24) is 25.1 Å². The molecule has 0 bridgehead atoms. The summed E-state index contributed by atoms with van der Waals surface area (Å²) in [4.78, 5) is 16.8. The van der Waals surface area contributed by atoms with Crippen LogP contribution in [-0.2, 0) is 19.2 Å². The molecule has 0 aliphatic heterocycles. The van der Waals surface area contributed by atoms with E-state index >= 15 is 0 Å². The lowest BCUT2D eigenvalue weighted by atomic mass is 10.2. The first kappa shape index (κ1) is 20.7. The van der Waals surface area contributed by atoms with Gasteiger partial charge in [-0.1, -0.05) is 17.8 Å². The fourth-order valence-electron chi connectivity index (χ4n) is 2.64. The molecule has 2 heterocycles. The van der Waals surface area contributed by atoms with Gasteiger partial charge in [0.05, 0.1) is 19.9 Å². The van der Waals surface area contributed by atoms with E-state index in [1.807, 2.05) is 29.8 Å². The number of carbonyl (C=O) groups excluding carboxylic acids is 1. The maximum Gasteiger partial charge on any atom is 0.251 e. The molecule has 1 N–H and O–H groups in total. The molecule has 0 fully saturated rings. The zero-order valence-corrected chi connectivity index (χ0v) is 17.4. The Bertz CT molecular complexity index is 940. The zero-order valence-electron chi connectivity index (χ0n) is 16.6. The van der Waals surface area contributed by atoms with E-state index in [4.69, 9.17) is 9.47 Å². The van der Waals surface area contributed by atoms with Crippen LogP contribution < -0.4 is 14.8 Å². The van der Waals surface area contributed by atoms with Gasteiger partial charge in [-0.05, 0) is 24.3 Å². The van der Waals surface area contributed by atoms with Crippen molar-refractivity contribution in [3.8, 4) is 11.5 Å². The van der Waals surface area contributed by atoms with E-state index in [2.05, 4.69) is 20.5 Å². The first-order valence-electron chi connectivity index (χ1n) is 9.03. The number of ether oxygens (including phenoxy) is 2. The number of methoxy groups -OCH3 is 2. The van der Waals surface area contributed by atoms with Crippen LogP contribution in [0.15, 0.2) is 47.8 Å². The fraction of sp³-hybridized carbons (Fsp3) is 0.300. The molecule has 0 saturated carbocycles. The quantitative estimate of drug-likeness (QED) is 0.539. The number of thioether (sulfide) groups is 1. The van der Waals surface area contributed by atoms with Gasteiger partial charge in [-0.15, -0.1) is 10.2 Å². The highest BCUT2D eigenvalue weighted by Crippen LogP contribution is 2.22. The average molecular weight is 414 g/mol. The second kappa shape index (κ2) is 9.92. The maximum atomic E-state index is 12.4. The van der Waals surface area contributed by atoms with Gasteiger partial charge in [0.2, 0.25) is 0 Å². The lowest BCUT2D eigenvalue weighted by Gasteiger charge is -2.09. The highest BCUT2D eigenvalue weighted by molar-refractivity contribution is 7.98. The standard InChI is InChI=1S/C20H23N5O3S/c1-25-18(23-24-20(25)29-13-15-6-4-5-8-21-15)7-9-22-19(26)14-10-16(27-2)12-17(11-14)28-3/h4-6,8,10-12H,7,9,13H2,1-3H3,(H,22,26). The van der Waals surface area contributed by atoms with Crippen LogP contribution in [0.5, 0.6) is 11.5 Å². The molecular formula is C20H23N5O3S. The molecule has 9 heteroatoms. The highest BCUT2D eigenvalue weighted by Gasteiger charge is 2.12. The third kappa shape index (κ3) is 5.47. The maximum absolute atomic E-state index is 12.4. The monoisotopic (exact) mass is 413 g/mol. The molecule has 152 valence electrons. The Labute approximate surface area is 173 Å². The Balaban J connectivity index is 1.54. The second-order valence-electron chi connectivity index (χ2n) is 6.17. The van der Waals surface area contributed by atoms with Crippen molar-refractivity contribution in [2.24, 2.45) is 7.05 Å². The van der Waals surface area contributed by atoms with Crippen LogP contribution in [0.2, 0.25) is 0 Å². The van der Waals surface area contributed by atoms with Crippen molar-refractivity contribution >= 4 is 17.7 Å². The van der Waals surface area contributed by atoms with Gasteiger partial charge in [-0.3, -0.25) is 9.78 Å². The number of carbonyl (C=O) groups is 1. The molecule has 0 spiro atoms. The van der Waals surface area contributed by atoms with Gasteiger partial charge in [-0.25, -0.2) is 0 Å². The summed E-state index contributed by atoms with van der Waals surface area (Å²) in [7, 11) is 5.02. The number of aromatic nitrogens is 4. The van der Waals surface area contributed by atoms with Crippen molar-refractivity contribution in [2.45, 2.75) is 17.3 Å². The lowest BCUT2D eigenvalue weighted by Crippen LogP contribution is -2.26. The molecule has 3 aromatic rings. The van der Waals surface area contributed by atoms with Crippen molar-refractivity contribution in [1.29, 1.82) is 0 Å². The van der Waals surface area contributed by atoms with Gasteiger partial charge in [0.25, 0.3) is 5.91 Å². The van der Waals surface area contributed by atoms with E-state index in [0.717, 1.165) is 22.4 Å². The van der Waals surface area contributed by atoms with E-state index in [0.29, 0.717) is 30.0 Å². The average Bonchev–Trinajstić information content (AvgIpc) is 3.11. The Morgan fingerprint density at radius 2 is 1.90 bits per heavy atom. The Morgan fingerprint density at radius 1 is 1.14 bits per heavy atom. The smallest absolute Gasteiger partial charge is 0.251 e. The number of benzene rings is 1. The molecule has 0 atom stereocenters. The summed E-state index contributed by atoms with van der Waals surface area (Å²) in [5, 5.41) is 12.2. The summed E-state index contributed by atoms with van der Waals surface area (Å²) in [6, 6.07) is 10.9. The Hall–Kier alpha value is -3.07. The Morgan fingerprint density at radius 3 is 2.55 bits per heavy atom. The van der Waals surface area contributed by atoms with E-state index in [9.17, 15) is 4.79 Å². The van der Waals surface area contributed by atoms with Crippen LogP contribution in [0.25, 0.3) is 0 Å². The first-order chi connectivity index (χ1) is 14.1. The van der Waals surface area contributed by atoms with Gasteiger partial charge >= 0.3 is 0 Å². The first-order valence-corrected chi connectivity index (χ1v) is 10.0. The second-order valence-corrected chi connectivity index (χ2v) is 7.12. The van der Waals surface area contributed by atoms with Crippen molar-refractivity contribution in [2.75, 3.05) is 20.8 Å². The third-order valence-corrected chi connectivity index (χ3v) is 5.30. The van der Waals surface area contributed by atoms with Crippen LogP contribution in [0.4, 0.5) is 0 Å². The Kier molecular flexibility index (Phi) is 7.07. The number of nitrogens with one attached hydrogen (secondary N) is 1. The van der Waals surface area contributed by atoms with Crippen LogP contribution in [0, 0.1) is 0 Å². The van der Waals surface area contributed by atoms with Gasteiger partial charge < -0.3 is 19.4 Å². The molecule has 29 heavy (non-hydrogen) atoms. The van der Waals surface area contributed by atoms with Crippen LogP contribution >= 0.6 is 11.8 Å². The summed E-state index contributed by atoms with van der Waals surface area (Å²) in [5.41, 5.74) is 1.47. The number of rotatable bonds is 9. The topological polar surface area (TPSA) is 91.2 Å². The van der Waals surface area contributed by atoms with Crippen molar-refractivity contribution in [3.63, 3.8) is 0 Å². The van der Waals surface area contributed by atoms with Gasteiger partial charge in [0.15, 0.2) is 5.16 Å². The minimum absolute atomic E-state index is 0.200. The van der Waals surface area contributed by atoms with Gasteiger partial charge in [-0.2, -0.15) is 0 Å². The van der Waals surface area contributed by atoms with Crippen LogP contribution in [-0.4, -0.2) is 46.4 Å². The molecule has 0 saturated heterocycles. The molecule has 8 nitrogen and oxygen atoms in total. The molecule has 3 rings (SSSR count). The summed E-state index contributed by atoms with van der Waals surface area (Å²) >= 11 is 1.58. The molecule has 0 aliphatic carbocycles. The predicted octanol–water partition coefficient (Wildman–Crippen LogP) is 2.49. The number of hydrogen-bond acceptors (Lipinski definition) is 7. The lowest BCUT2D eigenvalue weighted by molar-refractivity contribution is 0.0953. The SMILES string of the molecule is COc1cc(OC)cc(C(=O)NCCc2nnc(SCc3ccccn3)n2C)c1. The minimum atomic E-state index is -0.200. The van der Waals surface area contributed by atoms with Gasteiger partial charge in [0.1, 0.15) is 17.3 Å². The third-order valence-electron chi connectivity index (χ3n) is 4.25. The number of amides is 1. The minimum Gasteiger partial charge on any atom is -0.497 e. The molecule has 0 unspecified atom stereocenters. The molecule has 0 aliphatic rings. The number of hydrogen-bond donors (Lipinski definition) is 1. The van der Waals surface area contributed by atoms with Crippen molar-refractivity contribution in [3.05, 3.63) is 59.7 Å². The summed E-state index contributed by atoms with van der Waals surface area (Å²) in [5.74, 6) is 2.46. The molecule has 0 radical (unpaired) electrons. The summed E-state index contributed by atoms with van der Waals surface area (Å²) in [6.45, 7) is 0.440. The van der Waals surface area contributed by atoms with Crippen LogP contribution in [0.3, 0.4) is 0 Å². The molecule has 1 aromatic carbocycles. The van der Waals surface area contributed by atoms with E-state index in [1.165, 1.54) is 0 Å². The number of nitrogens with zero attached hydrogens (tertiary/aromatic N) is 4. The van der Waals surface area contributed by atoms with E-state index in [-0.39, 0.29) is 5.91 Å². The van der Waals surface area contributed by atoms with Gasteiger partial charge in [0, 0.05) is 43.6 Å². The summed E-state index contributed by atoms with van der Waals surface area (Å²) in [6.07, 6.45) is 2.35. The van der Waals surface area contributed by atoms with Crippen molar-refractivity contribution < 1.29 is 14.3 Å². The highest BCUT2D eigenvalue weighted by atomic mass is 32.2. The molecular weight excluding hydrogens is 390 g/mol. The van der Waals surface area contributed by atoms with E-state index in [1.54, 1.807) is 50.4 Å².